The number of phenolic OH excluding ortho intramolecular Hbond substituents is 1. The number of fused-ring (bicyclic) bond motifs is 3. The number of β-amino-alcohol motifs (C(OH)–C–C–N with tert-alkyl or cyclic N) is 1. The van der Waals surface area contributed by atoms with Crippen LogP contribution in [0.4, 0.5) is 5.69 Å². The predicted octanol–water partition coefficient (Wildman–Crippen LogP) is -2.45. The third kappa shape index (κ3) is 18.9. The quantitative estimate of drug-likeness (QED) is 0.0363. The number of carbonyl (C=O) groups is 6. The first-order chi connectivity index (χ1) is 47.2. The molecule has 2 aromatic heterocycles. The number of aliphatic hydroxyl groups is 8. The summed E-state index contributed by atoms with van der Waals surface area (Å²) >= 11 is 1.53. The zero-order valence-electron chi connectivity index (χ0n) is 55.3. The zero-order valence-corrected chi connectivity index (χ0v) is 57.0. The Bertz CT molecular complexity index is 3510. The molecular formula is C65H94N12O20S2. The number of aromatic hydroxyl groups is 1. The molecule has 4 aliphatic heterocycles. The standard InChI is InChI=1S/C65H94N12O20S2/c1-34-28-76-56(57(34)86)61(90)68-27-43(81)24-46(67-26-36-6-9-40(10-7-36)62-73-77-30-47(69-65(77)98-62)39-11-13-42(14-12-39)74-20-17-45(18-21-74)96-33-37-4-3-5-37)58(87)70-53(35(2)80)63(91)75-29-44(82)25-48(75)59(88)71-54(51(85)22-38-8-15-49(83)52(23-38)97-99(93,94)95)60(89)72-55(64(76)92)50(84)16-19-66-41(31-78)32-79/h8,11-15,23,30,34-37,40-41,43-46,48,50-51,53-57,66-67,78-86H,3-7,9-10,16-22,24-29,31-33H2,1-2H3,(H,68,90)(H,70,87)(H,71,88)(H,72,89)(H,93,94,95)/t34-,35+,36-,40-,43+,44+,46-,48-,50+,51+,53?,54-,55-,56-,57-/m0/s1. The summed E-state index contributed by atoms with van der Waals surface area (Å²) < 4.78 is 45.2. The maximum atomic E-state index is 15.0. The Morgan fingerprint density at radius 1 is 0.768 bits per heavy atom. The number of imidazole rings is 1. The number of hydrogen-bond donors (Lipinski definition) is 16. The van der Waals surface area contributed by atoms with Crippen LogP contribution in [0.15, 0.2) is 48.7 Å². The van der Waals surface area contributed by atoms with Crippen molar-refractivity contribution in [3.05, 3.63) is 59.2 Å². The molecule has 546 valence electrons. The molecule has 13 atom stereocenters. The number of nitrogens with one attached hydrogen (secondary N) is 6. The molecule has 0 bridgehead atoms. The van der Waals surface area contributed by atoms with Gasteiger partial charge in [0.15, 0.2) is 11.5 Å². The fraction of sp³-hybridized carbons (Fsp3) is 0.662. The van der Waals surface area contributed by atoms with Gasteiger partial charge in [0.25, 0.3) is 0 Å². The number of phenols is 1. The second kappa shape index (κ2) is 33.4. The topological polar surface area (TPSA) is 469 Å². The molecule has 16 N–H and O–H groups in total. The summed E-state index contributed by atoms with van der Waals surface area (Å²) in [4.78, 5) is 98.2. The van der Waals surface area contributed by atoms with Gasteiger partial charge in [-0.3, -0.25) is 33.3 Å². The van der Waals surface area contributed by atoms with Gasteiger partial charge >= 0.3 is 10.4 Å². The molecule has 34 heteroatoms. The fourth-order valence-electron chi connectivity index (χ4n) is 14.0. The maximum Gasteiger partial charge on any atom is 0.446 e. The first-order valence-electron chi connectivity index (χ1n) is 34.1. The van der Waals surface area contributed by atoms with Crippen LogP contribution in [-0.2, 0) is 50.3 Å². The molecule has 10 rings (SSSR count). The molecule has 2 aliphatic carbocycles. The van der Waals surface area contributed by atoms with Gasteiger partial charge in [0.2, 0.25) is 40.4 Å². The summed E-state index contributed by atoms with van der Waals surface area (Å²) in [7, 11) is -5.22. The van der Waals surface area contributed by atoms with E-state index >= 15 is 0 Å². The van der Waals surface area contributed by atoms with E-state index in [-0.39, 0.29) is 37.0 Å². The summed E-state index contributed by atoms with van der Waals surface area (Å²) in [5.74, 6) is -8.30. The zero-order chi connectivity index (χ0) is 71.0. The van der Waals surface area contributed by atoms with E-state index in [2.05, 4.69) is 65.2 Å². The van der Waals surface area contributed by atoms with Gasteiger partial charge in [-0.05, 0) is 126 Å². The minimum Gasteiger partial charge on any atom is -0.504 e. The molecule has 6 heterocycles. The number of anilines is 1. The van der Waals surface area contributed by atoms with Gasteiger partial charge in [-0.25, -0.2) is 9.50 Å². The number of hydrogen-bond acceptors (Lipinski definition) is 25. The van der Waals surface area contributed by atoms with Crippen molar-refractivity contribution in [2.24, 2.45) is 17.8 Å². The van der Waals surface area contributed by atoms with Crippen LogP contribution >= 0.6 is 11.3 Å². The highest BCUT2D eigenvalue weighted by Crippen LogP contribution is 2.39. The highest BCUT2D eigenvalue weighted by atomic mass is 32.3. The van der Waals surface area contributed by atoms with Crippen molar-refractivity contribution in [3.8, 4) is 22.8 Å². The van der Waals surface area contributed by atoms with Gasteiger partial charge in [-0.1, -0.05) is 42.9 Å². The normalized spacial score (nSPS) is 28.7. The van der Waals surface area contributed by atoms with E-state index in [1.165, 1.54) is 50.1 Å². The Labute approximate surface area is 576 Å². The number of nitrogens with zero attached hydrogens (tertiary/aromatic N) is 6. The van der Waals surface area contributed by atoms with E-state index < -0.39 is 194 Å². The first-order valence-corrected chi connectivity index (χ1v) is 36.3. The van der Waals surface area contributed by atoms with Crippen molar-refractivity contribution in [2.75, 3.05) is 70.5 Å². The van der Waals surface area contributed by atoms with E-state index in [9.17, 15) is 87.7 Å². The molecule has 4 aromatic rings. The number of rotatable bonds is 22. The number of benzene rings is 2. The second-order valence-electron chi connectivity index (χ2n) is 27.4. The first kappa shape index (κ1) is 74.9. The molecule has 32 nitrogen and oxygen atoms in total. The number of ether oxygens (including phenoxy) is 1. The van der Waals surface area contributed by atoms with Crippen LogP contribution in [0.25, 0.3) is 16.2 Å². The van der Waals surface area contributed by atoms with Crippen LogP contribution in [0, 0.1) is 17.8 Å². The molecular weight excluding hydrogens is 1330 g/mol. The molecule has 99 heavy (non-hydrogen) atoms. The molecule has 6 fully saturated rings. The lowest BCUT2D eigenvalue weighted by Crippen LogP contribution is -2.64. The lowest BCUT2D eigenvalue weighted by molar-refractivity contribution is -0.147. The van der Waals surface area contributed by atoms with E-state index in [0.717, 1.165) is 101 Å². The highest BCUT2D eigenvalue weighted by Gasteiger charge is 2.50. The van der Waals surface area contributed by atoms with Crippen LogP contribution in [0.2, 0.25) is 0 Å². The molecule has 6 amide bonds. The van der Waals surface area contributed by atoms with Gasteiger partial charge in [-0.2, -0.15) is 13.5 Å². The predicted molar refractivity (Wildman–Crippen MR) is 356 cm³/mol. The lowest BCUT2D eigenvalue weighted by atomic mass is 9.82. The van der Waals surface area contributed by atoms with Gasteiger partial charge in [0.05, 0.1) is 79.9 Å². The van der Waals surface area contributed by atoms with Crippen LogP contribution in [0.3, 0.4) is 0 Å². The molecule has 6 aliphatic rings. The smallest absolute Gasteiger partial charge is 0.446 e. The van der Waals surface area contributed by atoms with Crippen molar-refractivity contribution >= 4 is 67.8 Å². The Balaban J connectivity index is 0.853. The molecule has 2 aromatic carbocycles. The number of carbonyl (C=O) groups excluding carboxylic acids is 6. The van der Waals surface area contributed by atoms with Gasteiger partial charge in [0, 0.05) is 75.3 Å². The summed E-state index contributed by atoms with van der Waals surface area (Å²) in [5, 5.41) is 121. The SMILES string of the molecule is C[C@@H](O)C1NC(=O)[C@@H](NC[C@H]2CC[C@H](c3nn4cc(-c5ccc(N6CCC(OCC7CCC7)CC6)cc5)nc4s3)CC2)C[C@@H](O)CNC(=O)[C@@H]2[C@@H](O)[C@@H](C)CN2C(=O)[C@H]([C@H](O)CCNC(CO)CO)NC(=O)[C@H]([C@H](O)Cc2ccc(O)c(OS(=O)(=O)O)c2)NC(=O)[C@@H]2C[C@@H](O)CN2C1=O. The van der Waals surface area contributed by atoms with Crippen molar-refractivity contribution in [2.45, 2.75) is 188 Å². The van der Waals surface area contributed by atoms with Crippen LogP contribution in [0.1, 0.15) is 107 Å². The minimum atomic E-state index is -5.22. The Kier molecular flexibility index (Phi) is 25.2. The highest BCUT2D eigenvalue weighted by molar-refractivity contribution is 7.81. The summed E-state index contributed by atoms with van der Waals surface area (Å²) in [6.45, 7) is 2.97. The van der Waals surface area contributed by atoms with Crippen LogP contribution < -0.4 is 41.0 Å². The maximum absolute atomic E-state index is 15.0. The Morgan fingerprint density at radius 3 is 2.11 bits per heavy atom. The van der Waals surface area contributed by atoms with Gasteiger partial charge in [0.1, 0.15) is 35.2 Å². The summed E-state index contributed by atoms with van der Waals surface area (Å²) in [6.07, 6.45) is -1.18. The third-order valence-electron chi connectivity index (χ3n) is 20.1. The molecule has 2 saturated carbocycles. The minimum absolute atomic E-state index is 0.00166. The van der Waals surface area contributed by atoms with Crippen molar-refractivity contribution in [1.82, 2.24) is 56.3 Å². The van der Waals surface area contributed by atoms with E-state index in [4.69, 9.17) is 14.8 Å². The van der Waals surface area contributed by atoms with E-state index in [1.54, 1.807) is 0 Å². The molecule has 0 radical (unpaired) electrons. The molecule has 4 saturated heterocycles. The van der Waals surface area contributed by atoms with E-state index in [0.29, 0.717) is 18.9 Å². The van der Waals surface area contributed by atoms with E-state index in [1.807, 2.05) is 10.7 Å². The van der Waals surface area contributed by atoms with Crippen molar-refractivity contribution in [1.29, 1.82) is 0 Å². The third-order valence-corrected chi connectivity index (χ3v) is 21.6. The fourth-order valence-corrected chi connectivity index (χ4v) is 15.4. The van der Waals surface area contributed by atoms with Gasteiger partial charge < -0.3 is 101 Å². The molecule has 1 unspecified atom stereocenters. The average Bonchev–Trinajstić information content (AvgIpc) is 1.68. The second-order valence-corrected chi connectivity index (χ2v) is 29.4. The largest absolute Gasteiger partial charge is 0.504 e. The van der Waals surface area contributed by atoms with Crippen LogP contribution in [-0.4, -0.2) is 269 Å². The molecule has 0 spiro atoms. The van der Waals surface area contributed by atoms with Crippen molar-refractivity contribution < 1.29 is 96.6 Å². The summed E-state index contributed by atoms with van der Waals surface area (Å²) in [5.41, 5.74) is 2.88. The van der Waals surface area contributed by atoms with Crippen molar-refractivity contribution in [3.63, 3.8) is 0 Å². The Hall–Kier alpha value is -6.77. The van der Waals surface area contributed by atoms with Crippen LogP contribution in [0.5, 0.6) is 11.5 Å². The monoisotopic (exact) mass is 1430 g/mol. The van der Waals surface area contributed by atoms with Gasteiger partial charge in [-0.15, -0.1) is 0 Å². The number of piperidine rings is 1. The lowest BCUT2D eigenvalue weighted by Gasteiger charge is -2.35. The average molecular weight is 1430 g/mol. The number of aromatic nitrogens is 3. The number of aliphatic hydroxyl groups excluding tert-OH is 8. The number of amides is 6. The summed E-state index contributed by atoms with van der Waals surface area (Å²) in [6, 6.07) is -0.336. The Morgan fingerprint density at radius 2 is 1.45 bits per heavy atom.